The molecule has 0 saturated carbocycles. The Kier molecular flexibility index (Phi) is 17.4. The lowest BCUT2D eigenvalue weighted by Crippen LogP contribution is -2.58. The van der Waals surface area contributed by atoms with Crippen molar-refractivity contribution < 1.29 is 43.8 Å². The van der Waals surface area contributed by atoms with Crippen LogP contribution in [0.4, 0.5) is 5.69 Å². The number of primary amides is 1. The van der Waals surface area contributed by atoms with Crippen molar-refractivity contribution >= 4 is 64.4 Å². The van der Waals surface area contributed by atoms with Gasteiger partial charge in [-0.25, -0.2) is 0 Å². The molecule has 3 aromatic rings. The van der Waals surface area contributed by atoms with Gasteiger partial charge in [0.2, 0.25) is 41.4 Å². The van der Waals surface area contributed by atoms with Crippen molar-refractivity contribution in [2.24, 2.45) is 16.5 Å². The van der Waals surface area contributed by atoms with Gasteiger partial charge in [0.1, 0.15) is 36.0 Å². The number of hydrogen-bond donors (Lipinski definition) is 9. The van der Waals surface area contributed by atoms with E-state index in [1.165, 1.54) is 24.0 Å². The third-order valence-corrected chi connectivity index (χ3v) is 9.78. The van der Waals surface area contributed by atoms with E-state index in [0.29, 0.717) is 28.8 Å². The zero-order valence-electron chi connectivity index (χ0n) is 32.8. The summed E-state index contributed by atoms with van der Waals surface area (Å²) in [5, 5.41) is 34.0. The number of nitrogens with one attached hydrogen (secondary N) is 5. The number of hydrogen-bond acceptors (Lipinski definition) is 12. The Labute approximate surface area is 351 Å². The van der Waals surface area contributed by atoms with Crippen LogP contribution >= 0.6 is 12.2 Å². The molecule has 7 amide bonds. The molecule has 11 N–H and O–H groups in total. The molecule has 0 spiro atoms. The smallest absolute Gasteiger partial charge is 0.246 e. The molecule has 1 fully saturated rings. The average molecular weight is 844 g/mol. The number of nitrogens with two attached hydrogens (primary N) is 2. The molecule has 6 atom stereocenters. The number of carbonyl (C=O) groups is 7. The van der Waals surface area contributed by atoms with Crippen molar-refractivity contribution in [3.63, 3.8) is 0 Å². The zero-order chi connectivity index (χ0) is 43.8. The standard InChI is InChI=1S/C41H49N9O9S/c1-24(46-38(56)30(42)18-26-11-15-29(52)16-12-26)37(55)48-31(19-25-6-3-2-4-7-25)39(57)44-21-35(53)47-32(20-27-9-13-28(14-10-27)45-23-60)41(59)50-17-5-8-34(50)40(58)49-33(22-51)36(43)54/h2-4,6-7,9-16,24,30-34,51-52H,5,8,17-22,42H2,1H3,(H2,43,54)(H,44,57)(H,46,56)(H,47,53)(H,48,55)(H,49,58)/t24-,30+,31+,32+,33+,34+/m1/s1. The van der Waals surface area contributed by atoms with Crippen LogP contribution in [0.1, 0.15) is 36.5 Å². The van der Waals surface area contributed by atoms with Gasteiger partial charge in [0.05, 0.1) is 30.0 Å². The fourth-order valence-corrected chi connectivity index (χ4v) is 6.53. The molecule has 0 bridgehead atoms. The fourth-order valence-electron chi connectivity index (χ4n) is 6.43. The third-order valence-electron chi connectivity index (χ3n) is 9.68. The molecule has 60 heavy (non-hydrogen) atoms. The Bertz CT molecular complexity index is 2050. The van der Waals surface area contributed by atoms with Gasteiger partial charge >= 0.3 is 0 Å². The number of phenols is 1. The van der Waals surface area contributed by atoms with Crippen LogP contribution in [0, 0.1) is 0 Å². The summed E-state index contributed by atoms with van der Waals surface area (Å²) < 4.78 is 0. The Balaban J connectivity index is 1.45. The monoisotopic (exact) mass is 843 g/mol. The third kappa shape index (κ3) is 13.8. The molecule has 0 aromatic heterocycles. The molecule has 3 aromatic carbocycles. The lowest BCUT2D eigenvalue weighted by Gasteiger charge is -2.29. The minimum absolute atomic E-state index is 0.0246. The molecule has 1 saturated heterocycles. The normalized spacial score (nSPS) is 15.8. The largest absolute Gasteiger partial charge is 0.508 e. The van der Waals surface area contributed by atoms with Gasteiger partial charge in [-0.15, -0.1) is 0 Å². The van der Waals surface area contributed by atoms with Crippen molar-refractivity contribution in [3.05, 3.63) is 95.6 Å². The van der Waals surface area contributed by atoms with Crippen LogP contribution < -0.4 is 38.1 Å². The number of isothiocyanates is 1. The molecule has 18 nitrogen and oxygen atoms in total. The van der Waals surface area contributed by atoms with Gasteiger partial charge in [-0.05, 0) is 79.4 Å². The molecule has 0 radical (unpaired) electrons. The molecule has 1 aliphatic heterocycles. The van der Waals surface area contributed by atoms with Gasteiger partial charge in [0.25, 0.3) is 0 Å². The van der Waals surface area contributed by atoms with Gasteiger partial charge < -0.3 is 53.2 Å². The summed E-state index contributed by atoms with van der Waals surface area (Å²) in [6.45, 7) is 0.245. The van der Waals surface area contributed by atoms with E-state index in [0.717, 1.165) is 0 Å². The summed E-state index contributed by atoms with van der Waals surface area (Å²) in [5.74, 6) is -5.00. The van der Waals surface area contributed by atoms with Crippen LogP contribution in [0.2, 0.25) is 0 Å². The minimum Gasteiger partial charge on any atom is -0.508 e. The first kappa shape index (κ1) is 46.2. The highest BCUT2D eigenvalue weighted by Gasteiger charge is 2.39. The summed E-state index contributed by atoms with van der Waals surface area (Å²) in [7, 11) is 0. The highest BCUT2D eigenvalue weighted by molar-refractivity contribution is 7.78. The fraction of sp³-hybridized carbons (Fsp3) is 0.366. The Morgan fingerprint density at radius 1 is 0.800 bits per heavy atom. The van der Waals surface area contributed by atoms with Crippen LogP contribution in [0.15, 0.2) is 83.9 Å². The maximum Gasteiger partial charge on any atom is 0.246 e. The number of nitrogens with zero attached hydrogens (tertiary/aromatic N) is 2. The van der Waals surface area contributed by atoms with Crippen molar-refractivity contribution in [3.8, 4) is 5.75 Å². The second-order valence-corrected chi connectivity index (χ2v) is 14.4. The maximum atomic E-state index is 14.1. The van der Waals surface area contributed by atoms with E-state index in [4.69, 9.17) is 11.5 Å². The highest BCUT2D eigenvalue weighted by atomic mass is 32.1. The second kappa shape index (κ2) is 22.6. The topological polar surface area (TPSA) is 288 Å². The van der Waals surface area contributed by atoms with E-state index in [2.05, 4.69) is 49.0 Å². The van der Waals surface area contributed by atoms with Crippen LogP contribution in [0.3, 0.4) is 0 Å². The number of aromatic hydroxyl groups is 1. The predicted molar refractivity (Wildman–Crippen MR) is 222 cm³/mol. The molecular weight excluding hydrogens is 795 g/mol. The molecule has 1 aliphatic rings. The van der Waals surface area contributed by atoms with Crippen molar-refractivity contribution in [1.29, 1.82) is 0 Å². The van der Waals surface area contributed by atoms with Crippen LogP contribution in [0.5, 0.6) is 5.75 Å². The van der Waals surface area contributed by atoms with Crippen molar-refractivity contribution in [1.82, 2.24) is 31.5 Å². The summed E-state index contributed by atoms with van der Waals surface area (Å²) >= 11 is 4.67. The number of aliphatic imine (C=N–C) groups is 1. The molecule has 4 rings (SSSR count). The summed E-state index contributed by atoms with van der Waals surface area (Å²) in [4.78, 5) is 97.4. The van der Waals surface area contributed by atoms with Gasteiger partial charge in [0, 0.05) is 19.4 Å². The zero-order valence-corrected chi connectivity index (χ0v) is 33.7. The molecule has 0 aliphatic carbocycles. The summed E-state index contributed by atoms with van der Waals surface area (Å²) in [6.07, 6.45) is 0.824. The molecular formula is C41H49N9O9S. The predicted octanol–water partition coefficient (Wildman–Crippen LogP) is -0.974. The Morgan fingerprint density at radius 2 is 1.42 bits per heavy atom. The van der Waals surface area contributed by atoms with E-state index in [1.54, 1.807) is 66.7 Å². The van der Waals surface area contributed by atoms with Gasteiger partial charge in [-0.3, -0.25) is 33.6 Å². The molecule has 1 heterocycles. The number of amides is 7. The van der Waals surface area contributed by atoms with E-state index in [-0.39, 0.29) is 38.0 Å². The van der Waals surface area contributed by atoms with Gasteiger partial charge in [0.15, 0.2) is 0 Å². The maximum absolute atomic E-state index is 14.1. The van der Waals surface area contributed by atoms with E-state index in [1.807, 2.05) is 0 Å². The molecule has 0 unspecified atom stereocenters. The number of thiocarbonyl (C=S) groups is 1. The van der Waals surface area contributed by atoms with Crippen LogP contribution in [-0.2, 0) is 52.8 Å². The highest BCUT2D eigenvalue weighted by Crippen LogP contribution is 2.21. The quantitative estimate of drug-likeness (QED) is 0.0493. The number of benzene rings is 3. The number of likely N-dealkylation sites (tertiary alicyclic amines) is 1. The first-order chi connectivity index (χ1) is 28.7. The second-order valence-electron chi connectivity index (χ2n) is 14.2. The average Bonchev–Trinajstić information content (AvgIpc) is 3.73. The number of phenolic OH excluding ortho intramolecular Hbond substituents is 1. The van der Waals surface area contributed by atoms with E-state index in [9.17, 15) is 43.8 Å². The molecule has 19 heteroatoms. The summed E-state index contributed by atoms with van der Waals surface area (Å²) in [6, 6.07) is 14.7. The minimum atomic E-state index is -1.36. The van der Waals surface area contributed by atoms with Crippen molar-refractivity contribution in [2.45, 2.75) is 75.3 Å². The first-order valence-electron chi connectivity index (χ1n) is 19.1. The Hall–Kier alpha value is -6.53. The van der Waals surface area contributed by atoms with Crippen LogP contribution in [0.25, 0.3) is 0 Å². The first-order valence-corrected chi connectivity index (χ1v) is 19.5. The van der Waals surface area contributed by atoms with Crippen molar-refractivity contribution in [2.75, 3.05) is 19.7 Å². The number of aliphatic hydroxyl groups excluding tert-OH is 1. The van der Waals surface area contributed by atoms with E-state index >= 15 is 0 Å². The SMILES string of the molecule is C[C@@H](NC(=O)[C@@H](N)Cc1ccc(O)cc1)C(=O)N[C@@H](Cc1ccccc1)C(=O)NCC(=O)N[C@@H](Cc1ccc(N=C=S)cc1)C(=O)N1CCC[C@H]1C(=O)N[C@@H](CO)C(N)=O. The lowest BCUT2D eigenvalue weighted by molar-refractivity contribution is -0.142. The van der Waals surface area contributed by atoms with E-state index < -0.39 is 90.8 Å². The summed E-state index contributed by atoms with van der Waals surface area (Å²) in [5.41, 5.74) is 13.8. The number of rotatable bonds is 20. The van der Waals surface area contributed by atoms with Gasteiger partial charge in [-0.1, -0.05) is 54.6 Å². The van der Waals surface area contributed by atoms with Crippen LogP contribution in [-0.4, -0.2) is 118 Å². The number of aliphatic hydroxyl groups is 1. The van der Waals surface area contributed by atoms with Gasteiger partial charge in [-0.2, -0.15) is 4.99 Å². The molecule has 318 valence electrons. The Morgan fingerprint density at radius 3 is 2.05 bits per heavy atom. The lowest BCUT2D eigenvalue weighted by atomic mass is 10.0. The number of carbonyl (C=O) groups excluding carboxylic acids is 7.